The Bertz CT molecular complexity index is 420. The first-order valence-electron chi connectivity index (χ1n) is 8.01. The maximum absolute atomic E-state index is 5.81. The first kappa shape index (κ1) is 14.8. The quantitative estimate of drug-likeness (QED) is 0.895. The van der Waals surface area contributed by atoms with Crippen molar-refractivity contribution in [2.45, 2.75) is 25.0 Å². The monoisotopic (exact) mass is 290 g/mol. The third-order valence-electron chi connectivity index (χ3n) is 4.44. The van der Waals surface area contributed by atoms with Crippen LogP contribution in [0.2, 0.25) is 0 Å². The van der Waals surface area contributed by atoms with Crippen LogP contribution in [0.5, 0.6) is 0 Å². The Morgan fingerprint density at radius 3 is 2.86 bits per heavy atom. The molecule has 2 aliphatic rings. The van der Waals surface area contributed by atoms with Crippen molar-refractivity contribution >= 4 is 5.82 Å². The van der Waals surface area contributed by atoms with Crippen molar-refractivity contribution in [2.75, 3.05) is 51.3 Å². The second kappa shape index (κ2) is 7.20. The lowest BCUT2D eigenvalue weighted by molar-refractivity contribution is -0.0195. The molecular weight excluding hydrogens is 264 g/mol. The Labute approximate surface area is 127 Å². The van der Waals surface area contributed by atoms with Gasteiger partial charge in [0.25, 0.3) is 0 Å². The Kier molecular flexibility index (Phi) is 5.06. The average molecular weight is 290 g/mol. The minimum atomic E-state index is 0.345. The van der Waals surface area contributed by atoms with Crippen LogP contribution in [0.4, 0.5) is 5.82 Å². The molecule has 0 amide bonds. The summed E-state index contributed by atoms with van der Waals surface area (Å²) in [6, 6.07) is 6.74. The van der Waals surface area contributed by atoms with Gasteiger partial charge in [-0.25, -0.2) is 4.98 Å². The maximum Gasteiger partial charge on any atom is 0.128 e. The molecule has 0 aromatic carbocycles. The van der Waals surface area contributed by atoms with Crippen LogP contribution in [-0.4, -0.2) is 68.4 Å². The number of rotatable bonds is 4. The van der Waals surface area contributed by atoms with E-state index < -0.39 is 0 Å². The number of morpholine rings is 1. The molecule has 2 aliphatic heterocycles. The van der Waals surface area contributed by atoms with Crippen LogP contribution in [0, 0.1) is 0 Å². The summed E-state index contributed by atoms with van der Waals surface area (Å²) >= 11 is 0. The number of likely N-dealkylation sites (N-methyl/N-ethyl adjacent to an activating group) is 1. The third-order valence-corrected chi connectivity index (χ3v) is 4.44. The molecule has 0 radical (unpaired) electrons. The van der Waals surface area contributed by atoms with Crippen LogP contribution in [-0.2, 0) is 4.74 Å². The van der Waals surface area contributed by atoms with Crippen molar-refractivity contribution in [1.29, 1.82) is 0 Å². The molecule has 5 heteroatoms. The van der Waals surface area contributed by atoms with Gasteiger partial charge in [-0.3, -0.25) is 0 Å². The normalized spacial score (nSPS) is 25.2. The van der Waals surface area contributed by atoms with Crippen molar-refractivity contribution in [1.82, 2.24) is 15.2 Å². The fourth-order valence-electron chi connectivity index (χ4n) is 3.14. The fraction of sp³-hybridized carbons (Fsp3) is 0.688. The molecule has 3 heterocycles. The van der Waals surface area contributed by atoms with Crippen molar-refractivity contribution in [3.63, 3.8) is 0 Å². The number of ether oxygens (including phenoxy) is 1. The van der Waals surface area contributed by atoms with Gasteiger partial charge in [-0.15, -0.1) is 0 Å². The second-order valence-corrected chi connectivity index (χ2v) is 6.11. The van der Waals surface area contributed by atoms with E-state index in [1.807, 2.05) is 12.3 Å². The average Bonchev–Trinajstić information content (AvgIpc) is 2.54. The zero-order valence-corrected chi connectivity index (χ0v) is 12.9. The van der Waals surface area contributed by atoms with E-state index in [0.717, 1.165) is 45.1 Å². The zero-order chi connectivity index (χ0) is 14.5. The molecule has 1 atom stereocenters. The highest BCUT2D eigenvalue weighted by molar-refractivity contribution is 5.38. The first-order valence-corrected chi connectivity index (χ1v) is 8.01. The minimum absolute atomic E-state index is 0.345. The van der Waals surface area contributed by atoms with Crippen LogP contribution < -0.4 is 10.2 Å². The summed E-state index contributed by atoms with van der Waals surface area (Å²) in [4.78, 5) is 9.16. The number of anilines is 1. The van der Waals surface area contributed by atoms with Crippen LogP contribution >= 0.6 is 0 Å². The molecule has 2 fully saturated rings. The molecule has 0 spiro atoms. The maximum atomic E-state index is 5.81. The predicted molar refractivity (Wildman–Crippen MR) is 84.7 cm³/mol. The van der Waals surface area contributed by atoms with E-state index in [0.29, 0.717) is 12.1 Å². The Morgan fingerprint density at radius 2 is 2.14 bits per heavy atom. The number of nitrogens with one attached hydrogen (secondary N) is 1. The third kappa shape index (κ3) is 4.15. The van der Waals surface area contributed by atoms with Crippen LogP contribution in [0.25, 0.3) is 0 Å². The lowest BCUT2D eigenvalue weighted by Crippen LogP contribution is -2.49. The Hall–Kier alpha value is -1.17. The first-order chi connectivity index (χ1) is 10.3. The molecule has 5 nitrogen and oxygen atoms in total. The molecule has 1 unspecified atom stereocenters. The Balaban J connectivity index is 1.40. The predicted octanol–water partition coefficient (Wildman–Crippen LogP) is 0.971. The smallest absolute Gasteiger partial charge is 0.128 e. The number of hydrogen-bond donors (Lipinski definition) is 1. The van der Waals surface area contributed by atoms with Gasteiger partial charge in [-0.1, -0.05) is 6.07 Å². The molecule has 1 aromatic rings. The molecule has 1 aromatic heterocycles. The number of hydrogen-bond acceptors (Lipinski definition) is 5. The minimum Gasteiger partial charge on any atom is -0.374 e. The van der Waals surface area contributed by atoms with Gasteiger partial charge in [-0.05, 0) is 32.0 Å². The van der Waals surface area contributed by atoms with E-state index in [1.54, 1.807) is 0 Å². The van der Waals surface area contributed by atoms with Gasteiger partial charge in [0.2, 0.25) is 0 Å². The van der Waals surface area contributed by atoms with E-state index in [1.165, 1.54) is 12.8 Å². The van der Waals surface area contributed by atoms with Gasteiger partial charge in [-0.2, -0.15) is 0 Å². The summed E-state index contributed by atoms with van der Waals surface area (Å²) in [5.41, 5.74) is 0. The molecule has 0 bridgehead atoms. The summed E-state index contributed by atoms with van der Waals surface area (Å²) < 4.78 is 5.81. The van der Waals surface area contributed by atoms with Crippen LogP contribution in [0.1, 0.15) is 12.8 Å². The summed E-state index contributed by atoms with van der Waals surface area (Å²) in [5.74, 6) is 1.10. The van der Waals surface area contributed by atoms with E-state index in [-0.39, 0.29) is 0 Å². The number of aromatic nitrogens is 1. The standard InChI is InChI=1S/C16H26N4O/c1-19-10-11-21-15(13-19)12-18-14-5-8-20(9-6-14)16-4-2-3-7-17-16/h2-4,7,14-15,18H,5-6,8-13H2,1H3. The van der Waals surface area contributed by atoms with Crippen LogP contribution in [0.15, 0.2) is 24.4 Å². The lowest BCUT2D eigenvalue weighted by Gasteiger charge is -2.35. The Morgan fingerprint density at radius 1 is 1.29 bits per heavy atom. The molecule has 21 heavy (non-hydrogen) atoms. The van der Waals surface area contributed by atoms with Crippen LogP contribution in [0.3, 0.4) is 0 Å². The van der Waals surface area contributed by atoms with Gasteiger partial charge in [0.05, 0.1) is 12.7 Å². The van der Waals surface area contributed by atoms with Gasteiger partial charge in [0.15, 0.2) is 0 Å². The number of piperidine rings is 1. The summed E-state index contributed by atoms with van der Waals surface area (Å²) in [6.07, 6.45) is 4.58. The SMILES string of the molecule is CN1CCOC(CNC2CCN(c3ccccn3)CC2)C1. The molecule has 2 saturated heterocycles. The van der Waals surface area contributed by atoms with Gasteiger partial charge >= 0.3 is 0 Å². The largest absolute Gasteiger partial charge is 0.374 e. The highest BCUT2D eigenvalue weighted by Crippen LogP contribution is 2.17. The molecule has 0 saturated carbocycles. The molecule has 0 aliphatic carbocycles. The second-order valence-electron chi connectivity index (χ2n) is 6.11. The summed E-state index contributed by atoms with van der Waals surface area (Å²) in [5, 5.41) is 3.69. The van der Waals surface area contributed by atoms with Crippen molar-refractivity contribution in [3.8, 4) is 0 Å². The molecule has 3 rings (SSSR count). The van der Waals surface area contributed by atoms with Gasteiger partial charge in [0, 0.05) is 45.0 Å². The number of nitrogens with zero attached hydrogens (tertiary/aromatic N) is 3. The van der Waals surface area contributed by atoms with E-state index in [4.69, 9.17) is 4.74 Å². The topological polar surface area (TPSA) is 40.6 Å². The molecular formula is C16H26N4O. The van der Waals surface area contributed by atoms with Crippen molar-refractivity contribution < 1.29 is 4.74 Å². The zero-order valence-electron chi connectivity index (χ0n) is 12.9. The summed E-state index contributed by atoms with van der Waals surface area (Å²) in [7, 11) is 2.17. The number of pyridine rings is 1. The highest BCUT2D eigenvalue weighted by Gasteiger charge is 2.22. The van der Waals surface area contributed by atoms with Gasteiger partial charge < -0.3 is 19.9 Å². The molecule has 1 N–H and O–H groups in total. The van der Waals surface area contributed by atoms with Crippen molar-refractivity contribution in [3.05, 3.63) is 24.4 Å². The highest BCUT2D eigenvalue weighted by atomic mass is 16.5. The van der Waals surface area contributed by atoms with Gasteiger partial charge in [0.1, 0.15) is 5.82 Å². The lowest BCUT2D eigenvalue weighted by atomic mass is 10.0. The fourth-order valence-corrected chi connectivity index (χ4v) is 3.14. The molecule has 116 valence electrons. The van der Waals surface area contributed by atoms with E-state index >= 15 is 0 Å². The van der Waals surface area contributed by atoms with Crippen molar-refractivity contribution in [2.24, 2.45) is 0 Å². The van der Waals surface area contributed by atoms with E-state index in [2.05, 4.69) is 39.3 Å². The summed E-state index contributed by atoms with van der Waals surface area (Å²) in [6.45, 7) is 6.10. The van der Waals surface area contributed by atoms with E-state index in [9.17, 15) is 0 Å².